The highest BCUT2D eigenvalue weighted by Gasteiger charge is 2.22. The van der Waals surface area contributed by atoms with Gasteiger partial charge < -0.3 is 13.6 Å². The highest BCUT2D eigenvalue weighted by Crippen LogP contribution is 2.45. The van der Waals surface area contributed by atoms with Crippen LogP contribution in [0.15, 0.2) is 217 Å². The molecule has 294 valence electrons. The molecule has 0 radical (unpaired) electrons. The highest BCUT2D eigenvalue weighted by atomic mass is 16.3. The fraction of sp³-hybridized carbons (Fsp3) is 0. The molecule has 0 spiro atoms. The van der Waals surface area contributed by atoms with E-state index >= 15 is 0 Å². The van der Waals surface area contributed by atoms with Crippen molar-refractivity contribution >= 4 is 65.6 Å². The van der Waals surface area contributed by atoms with Crippen LogP contribution in [-0.4, -0.2) is 24.1 Å². The Bertz CT molecular complexity index is 3810. The number of fused-ring (bicyclic) bond motifs is 11. The maximum absolute atomic E-state index is 7.13. The average molecular weight is 806 g/mol. The molecule has 0 unspecified atom stereocenters. The first-order valence-electron chi connectivity index (χ1n) is 21.2. The first-order chi connectivity index (χ1) is 31.2. The Balaban J connectivity index is 0.901. The lowest BCUT2D eigenvalue weighted by molar-refractivity contribution is 0.677. The van der Waals surface area contributed by atoms with Gasteiger partial charge in [-0.25, -0.2) is 15.0 Å². The zero-order valence-electron chi connectivity index (χ0n) is 33.9. The van der Waals surface area contributed by atoms with Gasteiger partial charge in [-0.05, 0) is 71.8 Å². The molecule has 0 atom stereocenters. The van der Waals surface area contributed by atoms with Gasteiger partial charge >= 0.3 is 0 Å². The number of rotatable bonds is 6. The van der Waals surface area contributed by atoms with E-state index < -0.39 is 0 Å². The predicted octanol–water partition coefficient (Wildman–Crippen LogP) is 14.6. The van der Waals surface area contributed by atoms with Crippen LogP contribution in [0.1, 0.15) is 0 Å². The third kappa shape index (κ3) is 5.55. The molecular weight excluding hydrogens is 771 g/mol. The molecule has 13 rings (SSSR count). The summed E-state index contributed by atoms with van der Waals surface area (Å²) in [6.45, 7) is 0. The molecule has 9 aromatic carbocycles. The summed E-state index contributed by atoms with van der Waals surface area (Å²) in [5.74, 6) is 1.93. The lowest BCUT2D eigenvalue weighted by Gasteiger charge is -2.10. The van der Waals surface area contributed by atoms with Crippen molar-refractivity contribution in [3.05, 3.63) is 212 Å². The predicted molar refractivity (Wildman–Crippen MR) is 258 cm³/mol. The molecule has 0 N–H and O–H groups in total. The summed E-state index contributed by atoms with van der Waals surface area (Å²) in [6, 6.07) is 74.3. The number of furan rings is 1. The molecule has 0 saturated carbocycles. The van der Waals surface area contributed by atoms with Crippen LogP contribution in [0.2, 0.25) is 0 Å². The maximum atomic E-state index is 7.13. The molecule has 4 heterocycles. The zero-order valence-corrected chi connectivity index (χ0v) is 33.9. The van der Waals surface area contributed by atoms with E-state index in [0.717, 1.165) is 99.4 Å². The Morgan fingerprint density at radius 3 is 1.11 bits per heavy atom. The summed E-state index contributed by atoms with van der Waals surface area (Å²) in [6.07, 6.45) is 0. The Morgan fingerprint density at radius 2 is 0.635 bits per heavy atom. The monoisotopic (exact) mass is 805 g/mol. The van der Waals surface area contributed by atoms with Gasteiger partial charge in [0.05, 0.1) is 32.8 Å². The number of para-hydroxylation sites is 3. The molecule has 0 fully saturated rings. The Morgan fingerprint density at radius 1 is 0.270 bits per heavy atom. The molecule has 13 aromatic rings. The number of benzene rings is 9. The van der Waals surface area contributed by atoms with Crippen LogP contribution < -0.4 is 0 Å². The molecule has 0 saturated heterocycles. The fourth-order valence-corrected chi connectivity index (χ4v) is 9.48. The van der Waals surface area contributed by atoms with E-state index in [2.05, 4.69) is 161 Å². The Kier molecular flexibility index (Phi) is 7.80. The molecule has 0 aliphatic heterocycles. The molecular formula is C57H35N5O. The van der Waals surface area contributed by atoms with Gasteiger partial charge in [0.15, 0.2) is 17.5 Å². The van der Waals surface area contributed by atoms with Gasteiger partial charge in [0.25, 0.3) is 0 Å². The van der Waals surface area contributed by atoms with Crippen molar-refractivity contribution in [2.24, 2.45) is 0 Å². The van der Waals surface area contributed by atoms with Crippen molar-refractivity contribution < 1.29 is 4.42 Å². The second kappa shape index (κ2) is 14.0. The van der Waals surface area contributed by atoms with Crippen LogP contribution in [0.5, 0.6) is 0 Å². The standard InChI is InChI=1S/C57H35N5O/c1-4-14-38(15-5-1)55-58-56(39-16-6-2-7-17-39)60-57(59-55)40-26-24-36(25-27-40)37-28-30-42(31-29-37)62-48-23-13-11-21-46(48)52-50(62)35-33-44-43-32-34-49-51(53(43)63-54(44)52)45-20-10-12-22-47(45)61(49)41-18-8-3-9-19-41/h1-35H. The molecule has 6 heteroatoms. The van der Waals surface area contributed by atoms with Gasteiger partial charge in [0.1, 0.15) is 11.2 Å². The maximum Gasteiger partial charge on any atom is 0.164 e. The number of nitrogens with zero attached hydrogens (tertiary/aromatic N) is 5. The molecule has 0 amide bonds. The van der Waals surface area contributed by atoms with E-state index in [1.54, 1.807) is 0 Å². The van der Waals surface area contributed by atoms with Gasteiger partial charge in [-0.2, -0.15) is 0 Å². The Labute approximate surface area is 361 Å². The van der Waals surface area contributed by atoms with Crippen molar-refractivity contribution in [1.82, 2.24) is 24.1 Å². The summed E-state index contributed by atoms with van der Waals surface area (Å²) >= 11 is 0. The largest absolute Gasteiger partial charge is 0.455 e. The third-order valence-corrected chi connectivity index (χ3v) is 12.4. The normalized spacial score (nSPS) is 11.8. The van der Waals surface area contributed by atoms with Crippen LogP contribution in [-0.2, 0) is 0 Å². The van der Waals surface area contributed by atoms with Gasteiger partial charge in [0.2, 0.25) is 0 Å². The second-order valence-electron chi connectivity index (χ2n) is 16.0. The first kappa shape index (κ1) is 35.2. The number of hydrogen-bond acceptors (Lipinski definition) is 4. The Hall–Kier alpha value is -8.61. The second-order valence-corrected chi connectivity index (χ2v) is 16.0. The van der Waals surface area contributed by atoms with Crippen molar-refractivity contribution in [3.8, 4) is 56.7 Å². The van der Waals surface area contributed by atoms with Crippen molar-refractivity contribution in [1.29, 1.82) is 0 Å². The average Bonchev–Trinajstić information content (AvgIpc) is 4.03. The van der Waals surface area contributed by atoms with Crippen molar-refractivity contribution in [3.63, 3.8) is 0 Å². The van der Waals surface area contributed by atoms with E-state index in [9.17, 15) is 0 Å². The van der Waals surface area contributed by atoms with E-state index in [1.807, 2.05) is 60.7 Å². The molecule has 0 aliphatic rings. The SMILES string of the molecule is c1ccc(-c2nc(-c3ccccc3)nc(-c3ccc(-c4ccc(-n5c6ccccc6c6c7oc8c(ccc9c8c8ccccc8n9-c8ccccc8)c7ccc65)cc4)cc3)n2)cc1. The van der Waals surface area contributed by atoms with Gasteiger partial charge in [-0.15, -0.1) is 0 Å². The van der Waals surface area contributed by atoms with E-state index in [-0.39, 0.29) is 0 Å². The van der Waals surface area contributed by atoms with Gasteiger partial charge in [-0.3, -0.25) is 0 Å². The lowest BCUT2D eigenvalue weighted by Crippen LogP contribution is -2.00. The summed E-state index contributed by atoms with van der Waals surface area (Å²) < 4.78 is 11.8. The van der Waals surface area contributed by atoms with Crippen LogP contribution >= 0.6 is 0 Å². The summed E-state index contributed by atoms with van der Waals surface area (Å²) in [4.78, 5) is 14.7. The van der Waals surface area contributed by atoms with Crippen LogP contribution in [0.25, 0.3) is 122 Å². The minimum Gasteiger partial charge on any atom is -0.455 e. The van der Waals surface area contributed by atoms with Crippen LogP contribution in [0.3, 0.4) is 0 Å². The molecule has 0 bridgehead atoms. The molecule has 6 nitrogen and oxygen atoms in total. The van der Waals surface area contributed by atoms with E-state index in [0.29, 0.717) is 17.5 Å². The minimum atomic E-state index is 0.637. The molecule has 4 aromatic heterocycles. The zero-order chi connectivity index (χ0) is 41.4. The fourth-order valence-electron chi connectivity index (χ4n) is 9.48. The molecule has 63 heavy (non-hydrogen) atoms. The van der Waals surface area contributed by atoms with Crippen LogP contribution in [0, 0.1) is 0 Å². The number of aromatic nitrogens is 5. The van der Waals surface area contributed by atoms with Gasteiger partial charge in [0, 0.05) is 49.6 Å². The number of hydrogen-bond donors (Lipinski definition) is 0. The summed E-state index contributed by atoms with van der Waals surface area (Å²) in [5.41, 5.74) is 13.6. The third-order valence-electron chi connectivity index (χ3n) is 12.4. The summed E-state index contributed by atoms with van der Waals surface area (Å²) in [5, 5.41) is 6.81. The minimum absolute atomic E-state index is 0.637. The van der Waals surface area contributed by atoms with Crippen molar-refractivity contribution in [2.75, 3.05) is 0 Å². The first-order valence-corrected chi connectivity index (χ1v) is 21.2. The van der Waals surface area contributed by atoms with E-state index in [4.69, 9.17) is 19.4 Å². The smallest absolute Gasteiger partial charge is 0.164 e. The molecule has 0 aliphatic carbocycles. The topological polar surface area (TPSA) is 61.7 Å². The quantitative estimate of drug-likeness (QED) is 0.168. The van der Waals surface area contributed by atoms with Crippen LogP contribution in [0.4, 0.5) is 0 Å². The summed E-state index contributed by atoms with van der Waals surface area (Å²) in [7, 11) is 0. The van der Waals surface area contributed by atoms with Crippen molar-refractivity contribution in [2.45, 2.75) is 0 Å². The lowest BCUT2D eigenvalue weighted by atomic mass is 10.0. The van der Waals surface area contributed by atoms with E-state index in [1.165, 1.54) is 5.39 Å². The van der Waals surface area contributed by atoms with Gasteiger partial charge in [-0.1, -0.05) is 152 Å². The highest BCUT2D eigenvalue weighted by molar-refractivity contribution is 6.29.